The second-order valence-electron chi connectivity index (χ2n) is 16.0. The molecule has 326 valence electrons. The topological polar surface area (TPSA) is 288 Å². The van der Waals surface area contributed by atoms with E-state index < -0.39 is 92.7 Å². The maximum Gasteiger partial charge on any atom is 0.333 e. The largest absolute Gasteiger partial charge is 0.871 e. The lowest BCUT2D eigenvalue weighted by molar-refractivity contribution is -0.425. The fourth-order valence-corrected chi connectivity index (χ4v) is 9.30. The maximum absolute atomic E-state index is 13.9. The van der Waals surface area contributed by atoms with E-state index in [1.165, 1.54) is 34.9 Å². The molecule has 0 saturated carbocycles. The molecule has 61 heavy (non-hydrogen) atoms. The number of benzene rings is 2. The molecule has 2 aromatic carbocycles. The van der Waals surface area contributed by atoms with Crippen molar-refractivity contribution in [2.75, 3.05) is 24.2 Å². The second-order valence-corrected chi connectivity index (χ2v) is 20.5. The zero-order chi connectivity index (χ0) is 45.2. The molecule has 0 spiro atoms. The molecular weight excluding hydrogens is 861 g/mol. The number of anilines is 1. The molecule has 0 atom stereocenters. The van der Waals surface area contributed by atoms with Gasteiger partial charge in [0.1, 0.15) is 20.2 Å². The molecule has 4 aliphatic rings. The maximum atomic E-state index is 13.9. The summed E-state index contributed by atoms with van der Waals surface area (Å²) in [5.41, 5.74) is -0.995. The number of amides is 3. The van der Waals surface area contributed by atoms with Gasteiger partial charge >= 0.3 is 5.97 Å². The number of sulfonamides is 1. The number of carbonyl (C=O) groups excluding carboxylic acids is 5. The Bertz CT molecular complexity index is 2780. The van der Waals surface area contributed by atoms with Gasteiger partial charge < -0.3 is 23.9 Å². The van der Waals surface area contributed by atoms with Crippen LogP contribution in [0.5, 0.6) is 0 Å². The number of allylic oxidation sites excluding steroid dienone is 5. The number of hydroxylamine groups is 2. The minimum atomic E-state index is -4.93. The average Bonchev–Trinajstić information content (AvgIpc) is 3.65. The van der Waals surface area contributed by atoms with Gasteiger partial charge in [0.2, 0.25) is 22.3 Å². The third-order valence-electron chi connectivity index (χ3n) is 10.9. The van der Waals surface area contributed by atoms with E-state index in [0.717, 1.165) is 24.5 Å². The van der Waals surface area contributed by atoms with Crippen LogP contribution >= 0.6 is 0 Å². The monoisotopic (exact) mass is 900 g/mol. The van der Waals surface area contributed by atoms with Crippen molar-refractivity contribution in [1.82, 2.24) is 9.79 Å². The molecule has 0 bridgehead atoms. The van der Waals surface area contributed by atoms with E-state index in [-0.39, 0.29) is 53.9 Å². The SMILES string of the molecule is CC1(C)C(/C=C2\C(=O)C(/C=C3/N(CCCCCC(=O)ON4C(=O)CCC4=O)c4ccc(S(=O)(=O)[O-])cc4C3(C)C)=C2[O-])=[N+](CC(=O)NS(C)(=O)=O)c2ccc(S(=O)(=O)[O-])cc21. The number of imide groups is 1. The number of unbranched alkanes of at least 4 members (excludes halogenated alkanes) is 2. The van der Waals surface area contributed by atoms with E-state index in [0.29, 0.717) is 41.3 Å². The lowest BCUT2D eigenvalue weighted by atomic mass is 9.77. The van der Waals surface area contributed by atoms with Crippen LogP contribution in [0.1, 0.15) is 77.3 Å². The minimum Gasteiger partial charge on any atom is -0.871 e. The second kappa shape index (κ2) is 15.7. The molecule has 19 nitrogen and oxygen atoms in total. The number of carbonyl (C=O) groups is 5. The highest BCUT2D eigenvalue weighted by Gasteiger charge is 2.47. The van der Waals surface area contributed by atoms with Crippen LogP contribution in [0.2, 0.25) is 0 Å². The molecule has 22 heteroatoms. The first kappa shape index (κ1) is 45.0. The van der Waals surface area contributed by atoms with Crippen LogP contribution < -0.4 is 14.7 Å². The van der Waals surface area contributed by atoms with Crippen molar-refractivity contribution in [3.63, 3.8) is 0 Å². The number of fused-ring (bicyclic) bond motifs is 2. The number of nitrogens with zero attached hydrogens (tertiary/aromatic N) is 3. The Morgan fingerprint density at radius 3 is 2.00 bits per heavy atom. The van der Waals surface area contributed by atoms with Gasteiger partial charge in [-0.3, -0.25) is 19.2 Å². The Kier molecular flexibility index (Phi) is 11.6. The lowest BCUT2D eigenvalue weighted by Gasteiger charge is -2.33. The molecule has 1 saturated heterocycles. The predicted octanol–water partition coefficient (Wildman–Crippen LogP) is 0.920. The number of rotatable bonds is 14. The van der Waals surface area contributed by atoms with Gasteiger partial charge in [0.25, 0.3) is 17.7 Å². The third-order valence-corrected chi connectivity index (χ3v) is 13.2. The number of ketones is 1. The normalized spacial score (nSPS) is 19.8. The van der Waals surface area contributed by atoms with Crippen LogP contribution in [-0.4, -0.2) is 98.5 Å². The summed E-state index contributed by atoms with van der Waals surface area (Å²) < 4.78 is 98.7. The quantitative estimate of drug-likeness (QED) is 0.0907. The highest BCUT2D eigenvalue weighted by Crippen LogP contribution is 2.50. The van der Waals surface area contributed by atoms with Crippen LogP contribution in [0.15, 0.2) is 80.9 Å². The molecule has 6 rings (SSSR count). The highest BCUT2D eigenvalue weighted by atomic mass is 32.2. The Hall–Kier alpha value is -5.55. The molecule has 2 aromatic rings. The van der Waals surface area contributed by atoms with Crippen molar-refractivity contribution < 1.29 is 72.9 Å². The van der Waals surface area contributed by atoms with Crippen molar-refractivity contribution in [3.05, 3.63) is 82.3 Å². The van der Waals surface area contributed by atoms with Gasteiger partial charge in [-0.2, -0.15) is 4.58 Å². The van der Waals surface area contributed by atoms with Gasteiger partial charge in [0.15, 0.2) is 11.5 Å². The van der Waals surface area contributed by atoms with Gasteiger partial charge in [-0.15, -0.1) is 5.06 Å². The van der Waals surface area contributed by atoms with Crippen LogP contribution in [0, 0.1) is 0 Å². The molecular formula is C39H40N4O15S3-2. The van der Waals surface area contributed by atoms with Crippen LogP contribution in [0.4, 0.5) is 11.4 Å². The summed E-state index contributed by atoms with van der Waals surface area (Å²) in [7, 11) is -13.8. The van der Waals surface area contributed by atoms with E-state index in [9.17, 15) is 63.4 Å². The standard InChI is InChI=1S/C39H42N4O15S3/c1-38(2)26-17-22(60(52,53)54)10-12-28(26)41(16-8-6-7-9-35(47)58-43-33(45)14-15-34(43)46)30(38)19-24-36(48)25(37(24)49)20-31-39(3,4)27-18-23(61(55,56)57)11-13-29(27)42(31)21-32(44)40-59(5,50)51/h10-13,17-20H,6-9,14-16,21H2,1-5H3,(H3-,40,44,48,49,52,53,54,55,56,57)/p-2. The van der Waals surface area contributed by atoms with Gasteiger partial charge in [-0.1, -0.05) is 26.0 Å². The number of hydrogen-bond acceptors (Lipinski definition) is 16. The summed E-state index contributed by atoms with van der Waals surface area (Å²) >= 11 is 0. The fourth-order valence-electron chi connectivity index (χ4n) is 7.83. The Morgan fingerprint density at radius 2 is 1.43 bits per heavy atom. The smallest absolute Gasteiger partial charge is 0.333 e. The van der Waals surface area contributed by atoms with Crippen LogP contribution in [0.25, 0.3) is 0 Å². The third kappa shape index (κ3) is 8.80. The number of hydrogen-bond donors (Lipinski definition) is 1. The van der Waals surface area contributed by atoms with Gasteiger partial charge in [0, 0.05) is 71.5 Å². The van der Waals surface area contributed by atoms with Crippen LogP contribution in [0.3, 0.4) is 0 Å². The molecule has 3 aliphatic heterocycles. The van der Waals surface area contributed by atoms with Gasteiger partial charge in [0.05, 0.1) is 21.5 Å². The predicted molar refractivity (Wildman–Crippen MR) is 209 cm³/mol. The Labute approximate surface area is 351 Å². The Morgan fingerprint density at radius 1 is 0.836 bits per heavy atom. The highest BCUT2D eigenvalue weighted by molar-refractivity contribution is 7.89. The van der Waals surface area contributed by atoms with E-state index in [4.69, 9.17) is 4.84 Å². The van der Waals surface area contributed by atoms with Crippen molar-refractivity contribution in [2.24, 2.45) is 0 Å². The summed E-state index contributed by atoms with van der Waals surface area (Å²) in [6.45, 7) is 6.21. The molecule has 0 unspecified atom stereocenters. The first-order chi connectivity index (χ1) is 28.1. The first-order valence-electron chi connectivity index (χ1n) is 18.7. The molecule has 1 N–H and O–H groups in total. The zero-order valence-corrected chi connectivity index (χ0v) is 35.9. The summed E-state index contributed by atoms with van der Waals surface area (Å²) in [5, 5.41) is 14.4. The number of Topliss-reactive ketones (excluding diaryl/α,β-unsaturated/α-hetero) is 1. The lowest BCUT2D eigenvalue weighted by Crippen LogP contribution is -2.38. The molecule has 0 radical (unpaired) electrons. The van der Waals surface area contributed by atoms with Crippen LogP contribution in [-0.2, 0) is 69.9 Å². The number of nitrogens with one attached hydrogen (secondary N) is 1. The van der Waals surface area contributed by atoms with E-state index in [1.54, 1.807) is 32.6 Å². The van der Waals surface area contributed by atoms with Crippen molar-refractivity contribution in [3.8, 4) is 0 Å². The Balaban J connectivity index is 1.33. The molecule has 0 aromatic heterocycles. The summed E-state index contributed by atoms with van der Waals surface area (Å²) in [6, 6.07) is 7.21. The first-order valence-corrected chi connectivity index (χ1v) is 23.4. The average molecular weight is 901 g/mol. The summed E-state index contributed by atoms with van der Waals surface area (Å²) in [4.78, 5) is 68.3. The minimum absolute atomic E-state index is 0.0488. The summed E-state index contributed by atoms with van der Waals surface area (Å²) in [6.07, 6.45) is 4.31. The molecule has 3 heterocycles. The van der Waals surface area contributed by atoms with Crippen molar-refractivity contribution in [2.45, 2.75) is 86.8 Å². The molecule has 3 amide bonds. The zero-order valence-electron chi connectivity index (χ0n) is 33.5. The summed E-state index contributed by atoms with van der Waals surface area (Å²) in [5.74, 6) is -4.41. The van der Waals surface area contributed by atoms with Crippen molar-refractivity contribution >= 4 is 76.8 Å². The molecule has 1 aliphatic carbocycles. The van der Waals surface area contributed by atoms with Gasteiger partial charge in [-0.05, 0) is 68.7 Å². The van der Waals surface area contributed by atoms with Crippen molar-refractivity contribution in [1.29, 1.82) is 0 Å². The van der Waals surface area contributed by atoms with E-state index in [1.807, 2.05) is 4.72 Å². The molecule has 1 fully saturated rings. The van der Waals surface area contributed by atoms with Gasteiger partial charge in [-0.25, -0.2) is 34.8 Å². The van der Waals surface area contributed by atoms with E-state index >= 15 is 0 Å². The fraction of sp³-hybridized carbons (Fsp3) is 0.385. The van der Waals surface area contributed by atoms with E-state index in [2.05, 4.69) is 0 Å².